The highest BCUT2D eigenvalue weighted by atomic mass is 79.9. The van der Waals surface area contributed by atoms with Crippen molar-refractivity contribution in [3.63, 3.8) is 0 Å². The minimum atomic E-state index is -4.34. The highest BCUT2D eigenvalue weighted by Gasteiger charge is 2.29. The van der Waals surface area contributed by atoms with Crippen molar-refractivity contribution in [2.45, 2.75) is 6.18 Å². The summed E-state index contributed by atoms with van der Waals surface area (Å²) in [6.45, 7) is 0. The van der Waals surface area contributed by atoms with E-state index in [9.17, 15) is 13.2 Å². The number of benzene rings is 2. The average molecular weight is 341 g/mol. The van der Waals surface area contributed by atoms with Gasteiger partial charge in [-0.2, -0.15) is 18.4 Å². The molecule has 6 heteroatoms. The van der Waals surface area contributed by atoms with E-state index in [1.807, 2.05) is 6.07 Å². The molecule has 0 aliphatic rings. The summed E-state index contributed by atoms with van der Waals surface area (Å²) >= 11 is 3.26. The molecule has 1 N–H and O–H groups in total. The Bertz CT molecular complexity index is 658. The number of nitriles is 1. The van der Waals surface area contributed by atoms with Crippen molar-refractivity contribution >= 4 is 27.3 Å². The van der Waals surface area contributed by atoms with Crippen LogP contribution in [0.5, 0.6) is 0 Å². The van der Waals surface area contributed by atoms with Gasteiger partial charge in [-0.15, -0.1) is 0 Å². The first-order valence-corrected chi connectivity index (χ1v) is 6.33. The Morgan fingerprint density at radius 2 is 1.65 bits per heavy atom. The molecule has 0 saturated heterocycles. The van der Waals surface area contributed by atoms with E-state index in [4.69, 9.17) is 5.26 Å². The van der Waals surface area contributed by atoms with Crippen LogP contribution < -0.4 is 5.32 Å². The summed E-state index contributed by atoms with van der Waals surface area (Å²) in [5.41, 5.74) is 0.888. The lowest BCUT2D eigenvalue weighted by Crippen LogP contribution is -2.04. The number of nitrogens with one attached hydrogen (secondary N) is 1. The highest BCUT2D eigenvalue weighted by Crippen LogP contribution is 2.30. The van der Waals surface area contributed by atoms with Crippen molar-refractivity contribution in [1.82, 2.24) is 0 Å². The maximum Gasteiger partial charge on any atom is 0.416 e. The summed E-state index contributed by atoms with van der Waals surface area (Å²) in [6.07, 6.45) is -4.34. The van der Waals surface area contributed by atoms with E-state index in [2.05, 4.69) is 21.2 Å². The van der Waals surface area contributed by atoms with Crippen LogP contribution in [0.3, 0.4) is 0 Å². The quantitative estimate of drug-likeness (QED) is 0.827. The van der Waals surface area contributed by atoms with E-state index >= 15 is 0 Å². The molecule has 0 amide bonds. The standard InChI is InChI=1S/C14H8BrF3N2/c15-11-5-9(8-19)6-13(7-11)20-12-3-1-10(2-4-12)14(16,17)18/h1-7,20H. The molecule has 2 aromatic rings. The van der Waals surface area contributed by atoms with Gasteiger partial charge in [-0.05, 0) is 42.5 Å². The van der Waals surface area contributed by atoms with Crippen molar-refractivity contribution in [1.29, 1.82) is 5.26 Å². The number of nitrogens with zero attached hydrogens (tertiary/aromatic N) is 1. The number of halogens is 4. The minimum Gasteiger partial charge on any atom is -0.355 e. The average Bonchev–Trinajstić information content (AvgIpc) is 2.37. The normalized spacial score (nSPS) is 10.9. The molecule has 2 nitrogen and oxygen atoms in total. The van der Waals surface area contributed by atoms with Gasteiger partial charge in [0, 0.05) is 15.8 Å². The van der Waals surface area contributed by atoms with Crippen LogP contribution in [0.4, 0.5) is 24.5 Å². The highest BCUT2D eigenvalue weighted by molar-refractivity contribution is 9.10. The summed E-state index contributed by atoms with van der Waals surface area (Å²) in [4.78, 5) is 0. The molecule has 0 aliphatic carbocycles. The van der Waals surface area contributed by atoms with Gasteiger partial charge in [-0.1, -0.05) is 15.9 Å². The molecule has 0 radical (unpaired) electrons. The molecule has 0 bridgehead atoms. The fraction of sp³-hybridized carbons (Fsp3) is 0.0714. The van der Waals surface area contributed by atoms with Gasteiger partial charge in [0.25, 0.3) is 0 Å². The monoisotopic (exact) mass is 340 g/mol. The molecule has 0 fully saturated rings. The van der Waals surface area contributed by atoms with Crippen LogP contribution in [0.2, 0.25) is 0 Å². The number of anilines is 2. The number of hydrogen-bond acceptors (Lipinski definition) is 2. The molecule has 0 aliphatic heterocycles. The van der Waals surface area contributed by atoms with Gasteiger partial charge >= 0.3 is 6.18 Å². The molecule has 0 atom stereocenters. The predicted molar refractivity (Wildman–Crippen MR) is 73.6 cm³/mol. The molecular formula is C14H8BrF3N2. The molecule has 2 rings (SSSR count). The molecule has 0 spiro atoms. The van der Waals surface area contributed by atoms with Crippen LogP contribution >= 0.6 is 15.9 Å². The summed E-state index contributed by atoms with van der Waals surface area (Å²) in [5.74, 6) is 0. The van der Waals surface area contributed by atoms with E-state index in [1.54, 1.807) is 18.2 Å². The first-order valence-electron chi connectivity index (χ1n) is 5.53. The zero-order chi connectivity index (χ0) is 14.8. The van der Waals surface area contributed by atoms with Crippen molar-refractivity contribution < 1.29 is 13.2 Å². The second kappa shape index (κ2) is 5.55. The van der Waals surface area contributed by atoms with Crippen molar-refractivity contribution in [2.75, 3.05) is 5.32 Å². The Morgan fingerprint density at radius 1 is 1.00 bits per heavy atom. The smallest absolute Gasteiger partial charge is 0.355 e. The van der Waals surface area contributed by atoms with Crippen LogP contribution in [0.25, 0.3) is 0 Å². The molecule has 102 valence electrons. The Hall–Kier alpha value is -2.00. The lowest BCUT2D eigenvalue weighted by atomic mass is 10.2. The van der Waals surface area contributed by atoms with Gasteiger partial charge in [-0.25, -0.2) is 0 Å². The Labute approximate surface area is 122 Å². The van der Waals surface area contributed by atoms with Gasteiger partial charge in [0.05, 0.1) is 17.2 Å². The number of alkyl halides is 3. The van der Waals surface area contributed by atoms with Gasteiger partial charge in [0.2, 0.25) is 0 Å². The van der Waals surface area contributed by atoms with Crippen molar-refractivity contribution in [3.05, 3.63) is 58.1 Å². The molecule has 20 heavy (non-hydrogen) atoms. The fourth-order valence-corrected chi connectivity index (χ4v) is 2.13. The topological polar surface area (TPSA) is 35.8 Å². The fourth-order valence-electron chi connectivity index (χ4n) is 1.64. The molecular weight excluding hydrogens is 333 g/mol. The Kier molecular flexibility index (Phi) is 4.00. The van der Waals surface area contributed by atoms with Crippen LogP contribution in [0.1, 0.15) is 11.1 Å². The molecule has 0 saturated carbocycles. The van der Waals surface area contributed by atoms with Gasteiger partial charge < -0.3 is 5.32 Å². The lowest BCUT2D eigenvalue weighted by Gasteiger charge is -2.10. The maximum atomic E-state index is 12.4. The Morgan fingerprint density at radius 3 is 2.20 bits per heavy atom. The van der Waals surface area contributed by atoms with E-state index in [-0.39, 0.29) is 0 Å². The van der Waals surface area contributed by atoms with Gasteiger partial charge in [0.1, 0.15) is 0 Å². The zero-order valence-corrected chi connectivity index (χ0v) is 11.6. The van der Waals surface area contributed by atoms with Crippen molar-refractivity contribution in [3.8, 4) is 6.07 Å². The summed E-state index contributed by atoms with van der Waals surface area (Å²) in [5, 5.41) is 11.8. The van der Waals surface area contributed by atoms with Crippen LogP contribution in [-0.2, 0) is 6.18 Å². The molecule has 0 unspecified atom stereocenters. The third-order valence-corrected chi connectivity index (χ3v) is 2.99. The predicted octanol–water partition coefficient (Wildman–Crippen LogP) is 5.08. The second-order valence-electron chi connectivity index (χ2n) is 4.04. The van der Waals surface area contributed by atoms with Crippen LogP contribution in [0, 0.1) is 11.3 Å². The molecule has 0 aromatic heterocycles. The summed E-state index contributed by atoms with van der Waals surface area (Å²) in [6, 6.07) is 11.7. The first kappa shape index (κ1) is 14.4. The zero-order valence-electron chi connectivity index (χ0n) is 10.0. The van der Waals surface area contributed by atoms with Gasteiger partial charge in [-0.3, -0.25) is 0 Å². The summed E-state index contributed by atoms with van der Waals surface area (Å²) in [7, 11) is 0. The maximum absolute atomic E-state index is 12.4. The third-order valence-electron chi connectivity index (χ3n) is 2.53. The Balaban J connectivity index is 2.23. The van der Waals surface area contributed by atoms with E-state index in [0.717, 1.165) is 12.1 Å². The van der Waals surface area contributed by atoms with Crippen LogP contribution in [-0.4, -0.2) is 0 Å². The van der Waals surface area contributed by atoms with Gasteiger partial charge in [0.15, 0.2) is 0 Å². The number of rotatable bonds is 2. The minimum absolute atomic E-state index is 0.453. The van der Waals surface area contributed by atoms with E-state index in [0.29, 0.717) is 21.4 Å². The largest absolute Gasteiger partial charge is 0.416 e. The first-order chi connectivity index (χ1) is 9.38. The third kappa shape index (κ3) is 3.52. The molecule has 0 heterocycles. The lowest BCUT2D eigenvalue weighted by molar-refractivity contribution is -0.137. The van der Waals surface area contributed by atoms with Crippen LogP contribution in [0.15, 0.2) is 46.9 Å². The molecule has 2 aromatic carbocycles. The van der Waals surface area contributed by atoms with E-state index < -0.39 is 11.7 Å². The summed E-state index contributed by atoms with van der Waals surface area (Å²) < 4.78 is 38.0. The number of hydrogen-bond donors (Lipinski definition) is 1. The second-order valence-corrected chi connectivity index (χ2v) is 4.96. The van der Waals surface area contributed by atoms with Crippen molar-refractivity contribution in [2.24, 2.45) is 0 Å². The van der Waals surface area contributed by atoms with E-state index in [1.165, 1.54) is 12.1 Å². The SMILES string of the molecule is N#Cc1cc(Br)cc(Nc2ccc(C(F)(F)F)cc2)c1.